The summed E-state index contributed by atoms with van der Waals surface area (Å²) in [5.41, 5.74) is 0. The Kier molecular flexibility index (Phi) is 7.23. The van der Waals surface area contributed by atoms with Crippen molar-refractivity contribution in [3.05, 3.63) is 0 Å². The second-order valence-corrected chi connectivity index (χ2v) is 5.09. The molecule has 1 N–H and O–H groups in total. The average molecular weight is 259 g/mol. The first kappa shape index (κ1) is 15.4. The molecule has 0 bridgehead atoms. The van der Waals surface area contributed by atoms with Gasteiger partial charge in [0.1, 0.15) is 6.61 Å². The molecule has 18 heavy (non-hydrogen) atoms. The molecular formula is C13H25NO4. The van der Waals surface area contributed by atoms with Crippen LogP contribution < -0.4 is 0 Å². The summed E-state index contributed by atoms with van der Waals surface area (Å²) in [6.45, 7) is 1.09. The van der Waals surface area contributed by atoms with Crippen molar-refractivity contribution in [1.82, 2.24) is 4.90 Å². The Morgan fingerprint density at radius 2 is 2.00 bits per heavy atom. The topological polar surface area (TPSA) is 59.0 Å². The molecule has 1 rings (SSSR count). The lowest BCUT2D eigenvalue weighted by Gasteiger charge is -2.21. The zero-order chi connectivity index (χ0) is 13.4. The molecule has 0 aromatic rings. The number of aliphatic hydroxyl groups excluding tert-OH is 1. The van der Waals surface area contributed by atoms with Gasteiger partial charge in [0.2, 0.25) is 0 Å². The molecule has 0 amide bonds. The minimum Gasteiger partial charge on any atom is -0.460 e. The molecular weight excluding hydrogens is 234 g/mol. The third kappa shape index (κ3) is 6.33. The highest BCUT2D eigenvalue weighted by molar-refractivity contribution is 5.72. The molecule has 1 aliphatic carbocycles. The van der Waals surface area contributed by atoms with E-state index in [1.807, 2.05) is 19.0 Å². The molecule has 1 atom stereocenters. The average Bonchev–Trinajstić information content (AvgIpc) is 2.36. The van der Waals surface area contributed by atoms with Crippen molar-refractivity contribution in [2.45, 2.75) is 38.4 Å². The fourth-order valence-electron chi connectivity index (χ4n) is 2.03. The highest BCUT2D eigenvalue weighted by Gasteiger charge is 2.23. The zero-order valence-electron chi connectivity index (χ0n) is 11.4. The van der Waals surface area contributed by atoms with Crippen LogP contribution >= 0.6 is 0 Å². The Morgan fingerprint density at radius 1 is 1.33 bits per heavy atom. The molecule has 5 heteroatoms. The van der Waals surface area contributed by atoms with Crippen LogP contribution in [-0.2, 0) is 14.3 Å². The highest BCUT2D eigenvalue weighted by Crippen LogP contribution is 2.24. The SMILES string of the molecule is CN(C)CCOC(O)COC(=O)C1CCCCC1. The summed E-state index contributed by atoms with van der Waals surface area (Å²) in [6.07, 6.45) is 4.22. The van der Waals surface area contributed by atoms with Crippen LogP contribution in [0.4, 0.5) is 0 Å². The van der Waals surface area contributed by atoms with Gasteiger partial charge in [0.15, 0.2) is 6.29 Å². The van der Waals surface area contributed by atoms with Gasteiger partial charge in [-0.25, -0.2) is 0 Å². The van der Waals surface area contributed by atoms with Gasteiger partial charge in [0, 0.05) is 6.54 Å². The monoisotopic (exact) mass is 259 g/mol. The maximum atomic E-state index is 11.7. The van der Waals surface area contributed by atoms with Gasteiger partial charge in [-0.1, -0.05) is 19.3 Å². The van der Waals surface area contributed by atoms with E-state index in [4.69, 9.17) is 9.47 Å². The van der Waals surface area contributed by atoms with Crippen molar-refractivity contribution in [3.63, 3.8) is 0 Å². The predicted molar refractivity (Wildman–Crippen MR) is 68.0 cm³/mol. The van der Waals surface area contributed by atoms with Crippen LogP contribution in [0.2, 0.25) is 0 Å². The summed E-state index contributed by atoms with van der Waals surface area (Å²) >= 11 is 0. The standard InChI is InChI=1S/C13H25NO4/c1-14(2)8-9-17-12(15)10-18-13(16)11-6-4-3-5-7-11/h11-12,15H,3-10H2,1-2H3. The number of carbonyl (C=O) groups excluding carboxylic acids is 1. The van der Waals surface area contributed by atoms with Crippen molar-refractivity contribution in [3.8, 4) is 0 Å². The van der Waals surface area contributed by atoms with Crippen LogP contribution in [0.1, 0.15) is 32.1 Å². The number of aliphatic hydroxyl groups is 1. The van der Waals surface area contributed by atoms with E-state index in [0.29, 0.717) is 6.61 Å². The van der Waals surface area contributed by atoms with E-state index in [1.54, 1.807) is 0 Å². The Hall–Kier alpha value is -0.650. The molecule has 0 heterocycles. The molecule has 1 fully saturated rings. The van der Waals surface area contributed by atoms with E-state index < -0.39 is 6.29 Å². The lowest BCUT2D eigenvalue weighted by molar-refractivity contribution is -0.171. The Bertz CT molecular complexity index is 239. The van der Waals surface area contributed by atoms with Gasteiger partial charge in [0.25, 0.3) is 0 Å². The third-order valence-electron chi connectivity index (χ3n) is 3.16. The number of carbonyl (C=O) groups is 1. The molecule has 5 nitrogen and oxygen atoms in total. The first-order valence-corrected chi connectivity index (χ1v) is 6.70. The van der Waals surface area contributed by atoms with Crippen molar-refractivity contribution in [2.75, 3.05) is 33.9 Å². The van der Waals surface area contributed by atoms with E-state index in [2.05, 4.69) is 0 Å². The number of hydrogen-bond donors (Lipinski definition) is 1. The molecule has 106 valence electrons. The first-order chi connectivity index (χ1) is 8.59. The van der Waals surface area contributed by atoms with Crippen LogP contribution in [0.3, 0.4) is 0 Å². The Morgan fingerprint density at radius 3 is 2.61 bits per heavy atom. The van der Waals surface area contributed by atoms with Gasteiger partial charge >= 0.3 is 5.97 Å². The number of likely N-dealkylation sites (N-methyl/N-ethyl adjacent to an activating group) is 1. The summed E-state index contributed by atoms with van der Waals surface area (Å²) in [4.78, 5) is 13.6. The molecule has 1 saturated carbocycles. The highest BCUT2D eigenvalue weighted by atomic mass is 16.6. The quantitative estimate of drug-likeness (QED) is 0.546. The lowest BCUT2D eigenvalue weighted by Crippen LogP contribution is -2.28. The van der Waals surface area contributed by atoms with Gasteiger partial charge in [-0.05, 0) is 26.9 Å². The second-order valence-electron chi connectivity index (χ2n) is 5.09. The largest absolute Gasteiger partial charge is 0.460 e. The van der Waals surface area contributed by atoms with Crippen LogP contribution in [0.25, 0.3) is 0 Å². The molecule has 0 spiro atoms. The number of esters is 1. The first-order valence-electron chi connectivity index (χ1n) is 6.70. The van der Waals surface area contributed by atoms with Gasteiger partial charge in [-0.3, -0.25) is 4.79 Å². The van der Waals surface area contributed by atoms with Gasteiger partial charge < -0.3 is 19.5 Å². The van der Waals surface area contributed by atoms with Crippen molar-refractivity contribution in [2.24, 2.45) is 5.92 Å². The third-order valence-corrected chi connectivity index (χ3v) is 3.16. The summed E-state index contributed by atoms with van der Waals surface area (Å²) in [5.74, 6) is -0.169. The Labute approximate surface area is 109 Å². The second kappa shape index (κ2) is 8.45. The van der Waals surface area contributed by atoms with E-state index in [1.165, 1.54) is 6.42 Å². The van der Waals surface area contributed by atoms with Crippen molar-refractivity contribution >= 4 is 5.97 Å². The zero-order valence-corrected chi connectivity index (χ0v) is 11.4. The molecule has 0 aromatic carbocycles. The molecule has 0 aliphatic heterocycles. The maximum Gasteiger partial charge on any atom is 0.309 e. The predicted octanol–water partition coefficient (Wildman–Crippen LogP) is 1.01. The van der Waals surface area contributed by atoms with Crippen LogP contribution in [-0.4, -0.2) is 56.1 Å². The van der Waals surface area contributed by atoms with Crippen LogP contribution in [0, 0.1) is 5.92 Å². The van der Waals surface area contributed by atoms with Crippen LogP contribution in [0.15, 0.2) is 0 Å². The number of ether oxygens (including phenoxy) is 2. The van der Waals surface area contributed by atoms with Crippen LogP contribution in [0.5, 0.6) is 0 Å². The summed E-state index contributed by atoms with van der Waals surface area (Å²) in [5, 5.41) is 9.49. The molecule has 0 aromatic heterocycles. The van der Waals surface area contributed by atoms with Gasteiger partial charge in [-0.15, -0.1) is 0 Å². The molecule has 1 aliphatic rings. The molecule has 0 radical (unpaired) electrons. The van der Waals surface area contributed by atoms with Crippen molar-refractivity contribution < 1.29 is 19.4 Å². The summed E-state index contributed by atoms with van der Waals surface area (Å²) < 4.78 is 10.2. The normalized spacial score (nSPS) is 18.9. The number of rotatable bonds is 7. The maximum absolute atomic E-state index is 11.7. The fraction of sp³-hybridized carbons (Fsp3) is 0.923. The van der Waals surface area contributed by atoms with Gasteiger partial charge in [0.05, 0.1) is 12.5 Å². The van der Waals surface area contributed by atoms with E-state index >= 15 is 0 Å². The molecule has 0 saturated heterocycles. The smallest absolute Gasteiger partial charge is 0.309 e. The summed E-state index contributed by atoms with van der Waals surface area (Å²) in [6, 6.07) is 0. The minimum absolute atomic E-state index is 0.0210. The molecule has 1 unspecified atom stereocenters. The number of hydrogen-bond acceptors (Lipinski definition) is 5. The van der Waals surface area contributed by atoms with E-state index in [-0.39, 0.29) is 18.5 Å². The lowest BCUT2D eigenvalue weighted by atomic mass is 9.89. The van der Waals surface area contributed by atoms with E-state index in [0.717, 1.165) is 32.2 Å². The Balaban J connectivity index is 2.09. The van der Waals surface area contributed by atoms with Crippen molar-refractivity contribution in [1.29, 1.82) is 0 Å². The van der Waals surface area contributed by atoms with E-state index in [9.17, 15) is 9.90 Å². The fourth-order valence-corrected chi connectivity index (χ4v) is 2.03. The summed E-state index contributed by atoms with van der Waals surface area (Å²) in [7, 11) is 3.86. The van der Waals surface area contributed by atoms with Gasteiger partial charge in [-0.2, -0.15) is 0 Å². The minimum atomic E-state index is -1.02. The number of nitrogens with zero attached hydrogens (tertiary/aromatic N) is 1.